The maximum absolute atomic E-state index is 13.0. The zero-order valence-electron chi connectivity index (χ0n) is 18.8. The van der Waals surface area contributed by atoms with Gasteiger partial charge in [0.15, 0.2) is 16.7 Å². The lowest BCUT2D eigenvalue weighted by Gasteiger charge is -2.12. The lowest BCUT2D eigenvalue weighted by Crippen LogP contribution is -2.29. The highest BCUT2D eigenvalue weighted by molar-refractivity contribution is 8.19. The second-order valence-corrected chi connectivity index (χ2v) is 11.7. The molecule has 0 spiro atoms. The molecule has 3 rings (SSSR count). The van der Waals surface area contributed by atoms with E-state index in [1.807, 2.05) is 0 Å². The van der Waals surface area contributed by atoms with Gasteiger partial charge in [0.1, 0.15) is 4.21 Å². The standard InChI is InChI=1S/C23H25ClN2O5S3/c1-4-6-7-13-31-18-14-16(8-9-17(18)30-3)15-19-22(27)26(12-5-2)23(32-19)25-34(28,29)21-11-10-20(24)33-21/h5,8-11,14-15H,2,4,6-7,12-13H2,1,3H3/b19-15-,25-23+. The van der Waals surface area contributed by atoms with Gasteiger partial charge >= 0.3 is 0 Å². The van der Waals surface area contributed by atoms with Crippen molar-refractivity contribution in [2.24, 2.45) is 4.40 Å². The van der Waals surface area contributed by atoms with E-state index in [0.717, 1.165) is 47.9 Å². The SMILES string of the molecule is C=CCN1C(=O)/C(=C/c2ccc(OC)c(OCCCCC)c2)S/C1=N/S(=O)(=O)c1ccc(Cl)s1. The van der Waals surface area contributed by atoms with E-state index in [1.54, 1.807) is 31.4 Å². The molecular weight excluding hydrogens is 516 g/mol. The molecule has 1 aromatic carbocycles. The molecule has 1 aromatic heterocycles. The van der Waals surface area contributed by atoms with Crippen LogP contribution in [0.2, 0.25) is 4.34 Å². The maximum atomic E-state index is 13.0. The number of halogens is 1. The highest BCUT2D eigenvalue weighted by Gasteiger charge is 2.34. The first-order valence-electron chi connectivity index (χ1n) is 10.5. The van der Waals surface area contributed by atoms with Crippen LogP contribution in [0, 0.1) is 0 Å². The lowest BCUT2D eigenvalue weighted by atomic mass is 10.2. The lowest BCUT2D eigenvalue weighted by molar-refractivity contribution is -0.121. The van der Waals surface area contributed by atoms with Crippen LogP contribution in [0.1, 0.15) is 31.7 Å². The zero-order chi connectivity index (χ0) is 24.7. The molecule has 11 heteroatoms. The molecule has 34 heavy (non-hydrogen) atoms. The van der Waals surface area contributed by atoms with Crippen LogP contribution in [-0.4, -0.2) is 44.7 Å². The average molecular weight is 541 g/mol. The number of benzene rings is 1. The minimum absolute atomic E-state index is 0.00838. The molecule has 0 N–H and O–H groups in total. The number of carbonyl (C=O) groups excluding carboxylic acids is 1. The molecule has 1 aliphatic rings. The van der Waals surface area contributed by atoms with Crippen LogP contribution in [0.25, 0.3) is 6.08 Å². The summed E-state index contributed by atoms with van der Waals surface area (Å²) in [4.78, 5) is 14.6. The van der Waals surface area contributed by atoms with Gasteiger partial charge in [0.05, 0.1) is 23.0 Å². The first-order chi connectivity index (χ1) is 16.3. The number of amidine groups is 1. The Bertz CT molecular complexity index is 1220. The molecule has 0 aliphatic carbocycles. The van der Waals surface area contributed by atoms with E-state index in [4.69, 9.17) is 21.1 Å². The number of methoxy groups -OCH3 is 1. The van der Waals surface area contributed by atoms with Crippen molar-refractivity contribution in [1.82, 2.24) is 4.90 Å². The Balaban J connectivity index is 1.90. The van der Waals surface area contributed by atoms with Gasteiger partial charge in [0.2, 0.25) is 0 Å². The van der Waals surface area contributed by atoms with Crippen molar-refractivity contribution >= 4 is 61.9 Å². The molecule has 2 aromatic rings. The summed E-state index contributed by atoms with van der Waals surface area (Å²) in [5.41, 5.74) is 0.717. The Morgan fingerprint density at radius 1 is 1.21 bits per heavy atom. The molecular formula is C23H25ClN2O5S3. The van der Waals surface area contributed by atoms with E-state index >= 15 is 0 Å². The number of sulfonamides is 1. The van der Waals surface area contributed by atoms with Gasteiger partial charge in [0, 0.05) is 6.54 Å². The van der Waals surface area contributed by atoms with Gasteiger partial charge in [0.25, 0.3) is 15.9 Å². The third kappa shape index (κ3) is 6.44. The first kappa shape index (κ1) is 26.3. The third-order valence-electron chi connectivity index (χ3n) is 4.69. The largest absolute Gasteiger partial charge is 0.493 e. The maximum Gasteiger partial charge on any atom is 0.294 e. The Labute approximate surface area is 213 Å². The predicted molar refractivity (Wildman–Crippen MR) is 139 cm³/mol. The molecule has 0 bridgehead atoms. The quantitative estimate of drug-likeness (QED) is 0.203. The Kier molecular flexibility index (Phi) is 9.24. The van der Waals surface area contributed by atoms with Crippen molar-refractivity contribution < 1.29 is 22.7 Å². The van der Waals surface area contributed by atoms with E-state index in [1.165, 1.54) is 23.1 Å². The number of ether oxygens (including phenoxy) is 2. The fourth-order valence-corrected chi connectivity index (χ4v) is 6.68. The molecule has 0 atom stereocenters. The zero-order valence-corrected chi connectivity index (χ0v) is 22.0. The smallest absolute Gasteiger partial charge is 0.294 e. The monoisotopic (exact) mass is 540 g/mol. The summed E-state index contributed by atoms with van der Waals surface area (Å²) in [7, 11) is -2.45. The van der Waals surface area contributed by atoms with Gasteiger partial charge in [-0.1, -0.05) is 43.5 Å². The van der Waals surface area contributed by atoms with Crippen molar-refractivity contribution in [2.75, 3.05) is 20.3 Å². The van der Waals surface area contributed by atoms with Crippen LogP contribution in [0.15, 0.2) is 56.5 Å². The molecule has 0 radical (unpaired) electrons. The van der Waals surface area contributed by atoms with Crippen molar-refractivity contribution in [3.05, 3.63) is 57.8 Å². The Hall–Kier alpha value is -2.27. The van der Waals surface area contributed by atoms with Crippen molar-refractivity contribution in [3.8, 4) is 11.5 Å². The number of thioether (sulfide) groups is 1. The van der Waals surface area contributed by atoms with E-state index in [2.05, 4.69) is 17.9 Å². The third-order valence-corrected chi connectivity index (χ3v) is 8.78. The summed E-state index contributed by atoms with van der Waals surface area (Å²) in [6, 6.07) is 8.25. The number of hydrogen-bond acceptors (Lipinski definition) is 7. The normalized spacial score (nSPS) is 16.4. The highest BCUT2D eigenvalue weighted by Crippen LogP contribution is 2.36. The number of hydrogen-bond donors (Lipinski definition) is 0. The molecule has 2 heterocycles. The second kappa shape index (κ2) is 11.9. The van der Waals surface area contributed by atoms with Crippen LogP contribution in [0.5, 0.6) is 11.5 Å². The fourth-order valence-electron chi connectivity index (χ4n) is 3.03. The van der Waals surface area contributed by atoms with Crippen molar-refractivity contribution in [1.29, 1.82) is 0 Å². The molecule has 0 unspecified atom stereocenters. The number of nitrogens with zero attached hydrogens (tertiary/aromatic N) is 2. The molecule has 7 nitrogen and oxygen atoms in total. The van der Waals surface area contributed by atoms with Gasteiger partial charge in [-0.15, -0.1) is 22.3 Å². The summed E-state index contributed by atoms with van der Waals surface area (Å²) in [5, 5.41) is 0.0604. The number of unbranched alkanes of at least 4 members (excludes halogenated alkanes) is 2. The molecule has 0 saturated carbocycles. The predicted octanol–water partition coefficient (Wildman–Crippen LogP) is 5.83. The van der Waals surface area contributed by atoms with Crippen LogP contribution < -0.4 is 9.47 Å². The molecule has 1 aliphatic heterocycles. The van der Waals surface area contributed by atoms with E-state index in [0.29, 0.717) is 27.3 Å². The van der Waals surface area contributed by atoms with Crippen LogP contribution in [0.3, 0.4) is 0 Å². The van der Waals surface area contributed by atoms with Crippen molar-refractivity contribution in [3.63, 3.8) is 0 Å². The van der Waals surface area contributed by atoms with Gasteiger partial charge in [-0.25, -0.2) is 0 Å². The number of carbonyl (C=O) groups is 1. The minimum atomic E-state index is -4.02. The topological polar surface area (TPSA) is 85.3 Å². The van der Waals surface area contributed by atoms with Gasteiger partial charge in [-0.2, -0.15) is 8.42 Å². The Morgan fingerprint density at radius 2 is 2.00 bits per heavy atom. The molecule has 1 fully saturated rings. The number of rotatable bonds is 11. The van der Waals surface area contributed by atoms with Crippen molar-refractivity contribution in [2.45, 2.75) is 30.4 Å². The first-order valence-corrected chi connectivity index (χ1v) is 14.0. The summed E-state index contributed by atoms with van der Waals surface area (Å²) in [6.45, 7) is 6.47. The van der Waals surface area contributed by atoms with Crippen LogP contribution in [0.4, 0.5) is 0 Å². The highest BCUT2D eigenvalue weighted by atomic mass is 35.5. The van der Waals surface area contributed by atoms with Gasteiger partial charge in [-0.3, -0.25) is 9.69 Å². The molecule has 182 valence electrons. The summed E-state index contributed by atoms with van der Waals surface area (Å²) in [5.74, 6) is 0.821. The van der Waals surface area contributed by atoms with Gasteiger partial charge in [-0.05, 0) is 54.1 Å². The second-order valence-electron chi connectivity index (χ2n) is 7.19. The summed E-state index contributed by atoms with van der Waals surface area (Å²) >= 11 is 7.77. The van der Waals surface area contributed by atoms with Crippen LogP contribution in [-0.2, 0) is 14.8 Å². The average Bonchev–Trinajstić information content (AvgIpc) is 3.36. The van der Waals surface area contributed by atoms with E-state index in [-0.39, 0.29) is 21.8 Å². The summed E-state index contributed by atoms with van der Waals surface area (Å²) in [6.07, 6.45) is 6.28. The number of thiophene rings is 1. The Morgan fingerprint density at radius 3 is 2.65 bits per heavy atom. The van der Waals surface area contributed by atoms with Gasteiger partial charge < -0.3 is 9.47 Å². The fraction of sp³-hybridized carbons (Fsp3) is 0.304. The van der Waals surface area contributed by atoms with E-state index < -0.39 is 10.0 Å². The number of amides is 1. The minimum Gasteiger partial charge on any atom is -0.493 e. The van der Waals surface area contributed by atoms with Crippen LogP contribution >= 0.6 is 34.7 Å². The molecule has 1 amide bonds. The van der Waals surface area contributed by atoms with E-state index in [9.17, 15) is 13.2 Å². The summed E-state index contributed by atoms with van der Waals surface area (Å²) < 4.78 is 41.0. The molecule has 1 saturated heterocycles.